The van der Waals surface area contributed by atoms with Gasteiger partial charge >= 0.3 is 0 Å². The standard InChI is InChI=1S/C53H55N5/c1-32-27-33(2)47(34(3)28-32)48-49(52(7,8)9)55-58(50(48)53(10,11)12)37-22-24-40-38-17-13-15-19-42(38)56(44(40)31-37)36-21-23-41-39-18-14-16-20-43(39)57(45(41)30-36)46-29-35(25-26-54-46)51(4,5)6/h13-31H,1-12H3. The number of nitrogens with zero attached hydrogens (tertiary/aromatic N) is 5. The maximum atomic E-state index is 5.59. The van der Waals surface area contributed by atoms with E-state index in [1.54, 1.807) is 0 Å². The lowest BCUT2D eigenvalue weighted by Gasteiger charge is -2.26. The summed E-state index contributed by atoms with van der Waals surface area (Å²) in [6, 6.07) is 40.4. The molecule has 4 aromatic heterocycles. The lowest BCUT2D eigenvalue weighted by Crippen LogP contribution is -2.19. The molecule has 4 heterocycles. The van der Waals surface area contributed by atoms with Crippen LogP contribution < -0.4 is 0 Å². The number of fused-ring (bicyclic) bond motifs is 6. The maximum Gasteiger partial charge on any atom is 0.137 e. The van der Waals surface area contributed by atoms with Crippen molar-refractivity contribution in [1.29, 1.82) is 0 Å². The van der Waals surface area contributed by atoms with Crippen LogP contribution >= 0.6 is 0 Å². The number of pyridine rings is 1. The van der Waals surface area contributed by atoms with Crippen molar-refractivity contribution in [2.24, 2.45) is 0 Å². The van der Waals surface area contributed by atoms with Gasteiger partial charge in [-0.15, -0.1) is 0 Å². The highest BCUT2D eigenvalue weighted by molar-refractivity contribution is 6.12. The molecule has 0 saturated carbocycles. The number of para-hydroxylation sites is 2. The Labute approximate surface area is 343 Å². The third kappa shape index (κ3) is 5.97. The monoisotopic (exact) mass is 761 g/mol. The van der Waals surface area contributed by atoms with Gasteiger partial charge in [0.15, 0.2) is 0 Å². The van der Waals surface area contributed by atoms with Crippen LogP contribution in [-0.2, 0) is 16.2 Å². The number of hydrogen-bond donors (Lipinski definition) is 0. The first kappa shape index (κ1) is 37.6. The Bertz CT molecular complexity index is 3060. The molecular formula is C53H55N5. The highest BCUT2D eigenvalue weighted by Crippen LogP contribution is 2.45. The van der Waals surface area contributed by atoms with Crippen molar-refractivity contribution in [1.82, 2.24) is 23.9 Å². The number of aryl methyl sites for hydroxylation is 3. The van der Waals surface area contributed by atoms with Crippen LogP contribution in [-0.4, -0.2) is 23.9 Å². The normalized spacial score (nSPS) is 12.8. The van der Waals surface area contributed by atoms with Crippen LogP contribution in [0.5, 0.6) is 0 Å². The van der Waals surface area contributed by atoms with E-state index in [1.807, 2.05) is 6.20 Å². The maximum absolute atomic E-state index is 5.59. The van der Waals surface area contributed by atoms with Crippen LogP contribution in [0.1, 0.15) is 96.0 Å². The largest absolute Gasteiger partial charge is 0.309 e. The second-order valence-corrected chi connectivity index (χ2v) is 19.5. The minimum Gasteiger partial charge on any atom is -0.309 e. The van der Waals surface area contributed by atoms with Crippen molar-refractivity contribution in [2.75, 3.05) is 0 Å². The topological polar surface area (TPSA) is 40.6 Å². The van der Waals surface area contributed by atoms with E-state index in [9.17, 15) is 0 Å². The van der Waals surface area contributed by atoms with Gasteiger partial charge in [-0.3, -0.25) is 4.57 Å². The van der Waals surface area contributed by atoms with Crippen molar-refractivity contribution >= 4 is 43.6 Å². The van der Waals surface area contributed by atoms with Gasteiger partial charge in [-0.25, -0.2) is 9.67 Å². The van der Waals surface area contributed by atoms with Gasteiger partial charge in [0.2, 0.25) is 0 Å². The molecule has 0 fully saturated rings. The quantitative estimate of drug-likeness (QED) is 0.179. The first-order chi connectivity index (χ1) is 27.4. The molecular weight excluding hydrogens is 707 g/mol. The minimum atomic E-state index is -0.200. The van der Waals surface area contributed by atoms with Gasteiger partial charge in [-0.05, 0) is 97.0 Å². The summed E-state index contributed by atoms with van der Waals surface area (Å²) in [7, 11) is 0. The van der Waals surface area contributed by atoms with Gasteiger partial charge in [-0.1, -0.05) is 129 Å². The van der Waals surface area contributed by atoms with Crippen molar-refractivity contribution < 1.29 is 0 Å². The van der Waals surface area contributed by atoms with Crippen LogP contribution in [0.15, 0.2) is 115 Å². The van der Waals surface area contributed by atoms with E-state index in [-0.39, 0.29) is 16.2 Å². The molecule has 292 valence electrons. The SMILES string of the molecule is Cc1cc(C)c(-c2c(C(C)(C)C)nn(-c3ccc4c5ccccc5n(-c5ccc6c7ccccc7n(-c7cc(C(C)(C)C)ccn7)c6c5)c4c3)c2C(C)(C)C)c(C)c1. The second-order valence-electron chi connectivity index (χ2n) is 19.5. The fourth-order valence-corrected chi connectivity index (χ4v) is 9.35. The van der Waals surface area contributed by atoms with Gasteiger partial charge in [0, 0.05) is 49.8 Å². The second kappa shape index (κ2) is 13.0. The molecule has 0 N–H and O–H groups in total. The smallest absolute Gasteiger partial charge is 0.137 e. The molecule has 9 rings (SSSR count). The Morgan fingerprint density at radius 2 is 1.00 bits per heavy atom. The van der Waals surface area contributed by atoms with Crippen LogP contribution in [0.3, 0.4) is 0 Å². The van der Waals surface area contributed by atoms with Gasteiger partial charge in [0.25, 0.3) is 0 Å². The third-order valence-electron chi connectivity index (χ3n) is 11.9. The minimum absolute atomic E-state index is 0.00404. The summed E-state index contributed by atoms with van der Waals surface area (Å²) in [5.74, 6) is 0.929. The lowest BCUT2D eigenvalue weighted by molar-refractivity contribution is 0.537. The summed E-state index contributed by atoms with van der Waals surface area (Å²) in [6.07, 6.45) is 1.95. The molecule has 5 heteroatoms. The van der Waals surface area contributed by atoms with Gasteiger partial charge < -0.3 is 4.57 Å². The average molecular weight is 762 g/mol. The van der Waals surface area contributed by atoms with Crippen LogP contribution in [0, 0.1) is 20.8 Å². The predicted molar refractivity (Wildman–Crippen MR) is 246 cm³/mol. The van der Waals surface area contributed by atoms with Crippen molar-refractivity contribution in [2.45, 2.75) is 99.3 Å². The van der Waals surface area contributed by atoms with Crippen LogP contribution in [0.4, 0.5) is 0 Å². The Kier molecular flexibility index (Phi) is 8.46. The molecule has 0 amide bonds. The van der Waals surface area contributed by atoms with Crippen molar-refractivity contribution in [3.63, 3.8) is 0 Å². The molecule has 5 aromatic carbocycles. The molecule has 0 aliphatic heterocycles. The predicted octanol–water partition coefficient (Wildman–Crippen LogP) is 13.9. The van der Waals surface area contributed by atoms with E-state index in [0.29, 0.717) is 0 Å². The zero-order chi connectivity index (χ0) is 41.1. The van der Waals surface area contributed by atoms with Crippen molar-refractivity contribution in [3.05, 3.63) is 149 Å². The molecule has 0 aliphatic carbocycles. The molecule has 0 saturated heterocycles. The zero-order valence-corrected chi connectivity index (χ0v) is 36.2. The zero-order valence-electron chi connectivity index (χ0n) is 36.2. The Morgan fingerprint density at radius 1 is 0.466 bits per heavy atom. The van der Waals surface area contributed by atoms with Gasteiger partial charge in [0.05, 0.1) is 39.1 Å². The summed E-state index contributed by atoms with van der Waals surface area (Å²) in [5, 5.41) is 10.5. The van der Waals surface area contributed by atoms with Crippen LogP contribution in [0.25, 0.3) is 71.9 Å². The number of rotatable bonds is 4. The molecule has 58 heavy (non-hydrogen) atoms. The molecule has 0 spiro atoms. The highest BCUT2D eigenvalue weighted by atomic mass is 15.3. The Morgan fingerprint density at radius 3 is 1.59 bits per heavy atom. The molecule has 0 bridgehead atoms. The number of aromatic nitrogens is 5. The van der Waals surface area contributed by atoms with Crippen LogP contribution in [0.2, 0.25) is 0 Å². The number of benzene rings is 5. The summed E-state index contributed by atoms with van der Waals surface area (Å²) in [4.78, 5) is 4.97. The molecule has 5 nitrogen and oxygen atoms in total. The summed E-state index contributed by atoms with van der Waals surface area (Å²) < 4.78 is 7.03. The Balaban J connectivity index is 1.33. The van der Waals surface area contributed by atoms with E-state index >= 15 is 0 Å². The average Bonchev–Trinajstić information content (AvgIpc) is 3.82. The molecule has 0 atom stereocenters. The lowest BCUT2D eigenvalue weighted by atomic mass is 9.79. The molecule has 9 aromatic rings. The van der Waals surface area contributed by atoms with Gasteiger partial charge in [0.1, 0.15) is 5.82 Å². The van der Waals surface area contributed by atoms with Gasteiger partial charge in [-0.2, -0.15) is 5.10 Å². The first-order valence-electron chi connectivity index (χ1n) is 20.7. The molecule has 0 aliphatic rings. The molecule has 0 radical (unpaired) electrons. The van der Waals surface area contributed by atoms with E-state index in [2.05, 4.69) is 206 Å². The molecule has 0 unspecified atom stereocenters. The van der Waals surface area contributed by atoms with E-state index in [0.717, 1.165) is 39.4 Å². The third-order valence-corrected chi connectivity index (χ3v) is 11.9. The fourth-order valence-electron chi connectivity index (χ4n) is 9.35. The summed E-state index contributed by atoms with van der Waals surface area (Å²) in [5.41, 5.74) is 16.4. The highest BCUT2D eigenvalue weighted by Gasteiger charge is 2.35. The number of hydrogen-bond acceptors (Lipinski definition) is 2. The first-order valence-corrected chi connectivity index (χ1v) is 20.7. The fraction of sp³-hybridized carbons (Fsp3) is 0.283. The van der Waals surface area contributed by atoms with E-state index in [4.69, 9.17) is 10.1 Å². The van der Waals surface area contributed by atoms with E-state index < -0.39 is 0 Å². The summed E-state index contributed by atoms with van der Waals surface area (Å²) >= 11 is 0. The Hall–Kier alpha value is -5.94. The van der Waals surface area contributed by atoms with Crippen molar-refractivity contribution in [3.8, 4) is 28.3 Å². The van der Waals surface area contributed by atoms with E-state index in [1.165, 1.54) is 66.1 Å². The summed E-state index contributed by atoms with van der Waals surface area (Å²) in [6.45, 7) is 27.3.